The fourth-order valence-electron chi connectivity index (χ4n) is 1.41. The SMILES string of the molecule is CC1CC1NC(=O)c1cscc1C(=O)O. The van der Waals surface area contributed by atoms with Crippen molar-refractivity contribution in [1.82, 2.24) is 5.32 Å². The molecule has 1 heterocycles. The number of thiophene rings is 1. The fourth-order valence-corrected chi connectivity index (χ4v) is 2.21. The number of hydrogen-bond acceptors (Lipinski definition) is 3. The van der Waals surface area contributed by atoms with Gasteiger partial charge in [-0.25, -0.2) is 4.79 Å². The molecule has 2 rings (SSSR count). The van der Waals surface area contributed by atoms with E-state index in [1.54, 1.807) is 5.38 Å². The average molecular weight is 225 g/mol. The zero-order valence-electron chi connectivity index (χ0n) is 8.19. The maximum absolute atomic E-state index is 11.7. The van der Waals surface area contributed by atoms with E-state index in [-0.39, 0.29) is 23.1 Å². The van der Waals surface area contributed by atoms with E-state index >= 15 is 0 Å². The molecule has 15 heavy (non-hydrogen) atoms. The molecular formula is C10H11NO3S. The molecule has 5 heteroatoms. The van der Waals surface area contributed by atoms with Gasteiger partial charge < -0.3 is 10.4 Å². The van der Waals surface area contributed by atoms with Gasteiger partial charge in [-0.05, 0) is 12.3 Å². The van der Waals surface area contributed by atoms with E-state index in [1.807, 2.05) is 0 Å². The first kappa shape index (κ1) is 10.2. The van der Waals surface area contributed by atoms with Crippen molar-refractivity contribution in [3.63, 3.8) is 0 Å². The molecule has 80 valence electrons. The van der Waals surface area contributed by atoms with Crippen LogP contribution in [0.4, 0.5) is 0 Å². The van der Waals surface area contributed by atoms with E-state index < -0.39 is 5.97 Å². The van der Waals surface area contributed by atoms with E-state index in [2.05, 4.69) is 12.2 Å². The molecule has 2 unspecified atom stereocenters. The Morgan fingerprint density at radius 2 is 2.07 bits per heavy atom. The topological polar surface area (TPSA) is 66.4 Å². The summed E-state index contributed by atoms with van der Waals surface area (Å²) in [6.07, 6.45) is 0.984. The largest absolute Gasteiger partial charge is 0.478 e. The third kappa shape index (κ3) is 2.02. The Bertz CT molecular complexity index is 413. The Labute approximate surface area is 90.9 Å². The van der Waals surface area contributed by atoms with Crippen molar-refractivity contribution in [3.05, 3.63) is 21.9 Å². The molecule has 0 radical (unpaired) electrons. The van der Waals surface area contributed by atoms with Crippen molar-refractivity contribution in [3.8, 4) is 0 Å². The number of amides is 1. The van der Waals surface area contributed by atoms with Crippen molar-refractivity contribution in [2.45, 2.75) is 19.4 Å². The Morgan fingerprint density at radius 3 is 2.60 bits per heavy atom. The van der Waals surface area contributed by atoms with E-state index in [1.165, 1.54) is 16.7 Å². The molecule has 1 saturated carbocycles. The molecule has 4 nitrogen and oxygen atoms in total. The number of carbonyl (C=O) groups excluding carboxylic acids is 1. The third-order valence-electron chi connectivity index (χ3n) is 2.56. The van der Waals surface area contributed by atoms with Crippen LogP contribution in [0, 0.1) is 5.92 Å². The van der Waals surface area contributed by atoms with Crippen LogP contribution in [0.1, 0.15) is 34.1 Å². The lowest BCUT2D eigenvalue weighted by molar-refractivity contribution is 0.0691. The highest BCUT2D eigenvalue weighted by Gasteiger charge is 2.34. The molecule has 2 atom stereocenters. The first-order valence-electron chi connectivity index (χ1n) is 4.70. The minimum Gasteiger partial charge on any atom is -0.478 e. The van der Waals surface area contributed by atoms with Crippen LogP contribution in [-0.4, -0.2) is 23.0 Å². The van der Waals surface area contributed by atoms with Gasteiger partial charge in [-0.2, -0.15) is 11.3 Å². The lowest BCUT2D eigenvalue weighted by Gasteiger charge is -2.02. The number of hydrogen-bond donors (Lipinski definition) is 2. The van der Waals surface area contributed by atoms with Gasteiger partial charge in [0.25, 0.3) is 5.91 Å². The van der Waals surface area contributed by atoms with E-state index in [0.29, 0.717) is 5.92 Å². The monoisotopic (exact) mass is 225 g/mol. The minimum atomic E-state index is -1.05. The number of carboxylic acid groups (broad SMARTS) is 1. The van der Waals surface area contributed by atoms with Gasteiger partial charge in [0.05, 0.1) is 11.1 Å². The number of carbonyl (C=O) groups is 2. The Kier molecular flexibility index (Phi) is 2.48. The van der Waals surface area contributed by atoms with Crippen molar-refractivity contribution < 1.29 is 14.7 Å². The van der Waals surface area contributed by atoms with Crippen LogP contribution >= 0.6 is 11.3 Å². The average Bonchev–Trinajstić information content (AvgIpc) is 2.71. The van der Waals surface area contributed by atoms with Crippen LogP contribution in [-0.2, 0) is 0 Å². The first-order chi connectivity index (χ1) is 7.09. The normalized spacial score (nSPS) is 23.5. The third-order valence-corrected chi connectivity index (χ3v) is 3.31. The smallest absolute Gasteiger partial charge is 0.337 e. The van der Waals surface area contributed by atoms with Gasteiger partial charge in [-0.3, -0.25) is 4.79 Å². The molecule has 1 aromatic rings. The molecule has 0 spiro atoms. The fraction of sp³-hybridized carbons (Fsp3) is 0.400. The summed E-state index contributed by atoms with van der Waals surface area (Å²) in [4.78, 5) is 22.4. The molecule has 1 aliphatic carbocycles. The zero-order chi connectivity index (χ0) is 11.0. The number of aromatic carboxylic acids is 1. The van der Waals surface area contributed by atoms with Gasteiger partial charge in [0, 0.05) is 16.8 Å². The molecular weight excluding hydrogens is 214 g/mol. The maximum atomic E-state index is 11.7. The highest BCUT2D eigenvalue weighted by atomic mass is 32.1. The summed E-state index contributed by atoms with van der Waals surface area (Å²) in [5.74, 6) is -0.811. The van der Waals surface area contributed by atoms with Gasteiger partial charge in [0.2, 0.25) is 0 Å². The summed E-state index contributed by atoms with van der Waals surface area (Å²) in [6, 6.07) is 0.221. The lowest BCUT2D eigenvalue weighted by Crippen LogP contribution is -2.27. The number of rotatable bonds is 3. The van der Waals surface area contributed by atoms with Crippen LogP contribution in [0.25, 0.3) is 0 Å². The van der Waals surface area contributed by atoms with Crippen LogP contribution in [0.2, 0.25) is 0 Å². The first-order valence-corrected chi connectivity index (χ1v) is 5.64. The molecule has 0 bridgehead atoms. The molecule has 2 N–H and O–H groups in total. The summed E-state index contributed by atoms with van der Waals surface area (Å²) in [6.45, 7) is 2.05. The van der Waals surface area contributed by atoms with E-state index in [9.17, 15) is 9.59 Å². The molecule has 1 aromatic heterocycles. The van der Waals surface area contributed by atoms with Crippen LogP contribution in [0.5, 0.6) is 0 Å². The molecule has 1 fully saturated rings. The second-order valence-electron chi connectivity index (χ2n) is 3.80. The quantitative estimate of drug-likeness (QED) is 0.820. The second kappa shape index (κ2) is 3.66. The van der Waals surface area contributed by atoms with Crippen LogP contribution in [0.3, 0.4) is 0 Å². The van der Waals surface area contributed by atoms with Crippen molar-refractivity contribution in [2.24, 2.45) is 5.92 Å². The summed E-state index contributed by atoms with van der Waals surface area (Å²) in [7, 11) is 0. The van der Waals surface area contributed by atoms with Gasteiger partial charge >= 0.3 is 5.97 Å². The standard InChI is InChI=1S/C10H11NO3S/c1-5-2-8(5)11-9(12)6-3-15-4-7(6)10(13)14/h3-5,8H,2H2,1H3,(H,11,12)(H,13,14). The summed E-state index contributed by atoms with van der Waals surface area (Å²) < 4.78 is 0. The minimum absolute atomic E-state index is 0.0887. The number of carboxylic acids is 1. The van der Waals surface area contributed by atoms with Crippen LogP contribution < -0.4 is 5.32 Å². The Morgan fingerprint density at radius 1 is 1.47 bits per heavy atom. The van der Waals surface area contributed by atoms with E-state index in [0.717, 1.165) is 6.42 Å². The van der Waals surface area contributed by atoms with Gasteiger partial charge in [0.1, 0.15) is 0 Å². The molecule has 0 aromatic carbocycles. The van der Waals surface area contributed by atoms with Crippen molar-refractivity contribution in [1.29, 1.82) is 0 Å². The van der Waals surface area contributed by atoms with Gasteiger partial charge in [0.15, 0.2) is 0 Å². The highest BCUT2D eigenvalue weighted by Crippen LogP contribution is 2.29. The van der Waals surface area contributed by atoms with E-state index in [4.69, 9.17) is 5.11 Å². The summed E-state index contributed by atoms with van der Waals surface area (Å²) in [5.41, 5.74) is 0.359. The predicted octanol–water partition coefficient (Wildman–Crippen LogP) is 1.58. The summed E-state index contributed by atoms with van der Waals surface area (Å²) >= 11 is 1.23. The predicted molar refractivity (Wildman–Crippen MR) is 56.3 cm³/mol. The number of nitrogens with one attached hydrogen (secondary N) is 1. The van der Waals surface area contributed by atoms with Crippen molar-refractivity contribution >= 4 is 23.2 Å². The van der Waals surface area contributed by atoms with Gasteiger partial charge in [-0.1, -0.05) is 6.92 Å². The Hall–Kier alpha value is -1.36. The second-order valence-corrected chi connectivity index (χ2v) is 4.54. The van der Waals surface area contributed by atoms with Crippen molar-refractivity contribution in [2.75, 3.05) is 0 Å². The Balaban J connectivity index is 2.11. The van der Waals surface area contributed by atoms with Gasteiger partial charge in [-0.15, -0.1) is 0 Å². The molecule has 0 saturated heterocycles. The maximum Gasteiger partial charge on any atom is 0.337 e. The molecule has 1 amide bonds. The van der Waals surface area contributed by atoms with Crippen LogP contribution in [0.15, 0.2) is 10.8 Å². The molecule has 1 aliphatic rings. The summed E-state index contributed by atoms with van der Waals surface area (Å²) in [5, 5.41) is 14.7. The molecule has 0 aliphatic heterocycles. The zero-order valence-corrected chi connectivity index (χ0v) is 9.00. The lowest BCUT2D eigenvalue weighted by atomic mass is 10.2. The highest BCUT2D eigenvalue weighted by molar-refractivity contribution is 7.08.